The van der Waals surface area contributed by atoms with E-state index in [-0.39, 0.29) is 0 Å². The summed E-state index contributed by atoms with van der Waals surface area (Å²) in [5.74, 6) is 1.41. The molecule has 3 rings (SSSR count). The van der Waals surface area contributed by atoms with Crippen molar-refractivity contribution in [2.24, 2.45) is 0 Å². The number of alkyl halides is 1. The fraction of sp³-hybridized carbons (Fsp3) is 0.0714. The third-order valence-electron chi connectivity index (χ3n) is 2.72. The Labute approximate surface area is 114 Å². The summed E-state index contributed by atoms with van der Waals surface area (Å²) < 4.78 is 1.24. The zero-order chi connectivity index (χ0) is 12.4. The number of nitrogens with zero attached hydrogens (tertiary/aromatic N) is 1. The number of fused-ring (bicyclic) bond motifs is 1. The number of pyridine rings is 1. The van der Waals surface area contributed by atoms with Gasteiger partial charge >= 0.3 is 0 Å². The van der Waals surface area contributed by atoms with Gasteiger partial charge in [-0.2, -0.15) is 0 Å². The van der Waals surface area contributed by atoms with Gasteiger partial charge in [-0.05, 0) is 35.2 Å². The minimum atomic E-state index is 0.519. The Morgan fingerprint density at radius 2 is 2.17 bits per heavy atom. The number of hydrogen-bond acceptors (Lipinski definition) is 3. The van der Waals surface area contributed by atoms with Gasteiger partial charge in [0.05, 0.1) is 0 Å². The van der Waals surface area contributed by atoms with Gasteiger partial charge < -0.3 is 5.32 Å². The van der Waals surface area contributed by atoms with Crippen molar-refractivity contribution in [2.45, 2.75) is 5.88 Å². The van der Waals surface area contributed by atoms with Crippen LogP contribution in [0.5, 0.6) is 0 Å². The molecule has 0 unspecified atom stereocenters. The Morgan fingerprint density at radius 1 is 1.22 bits per heavy atom. The van der Waals surface area contributed by atoms with Crippen molar-refractivity contribution in [1.82, 2.24) is 4.98 Å². The van der Waals surface area contributed by atoms with Gasteiger partial charge in [-0.25, -0.2) is 4.98 Å². The molecule has 4 heteroatoms. The van der Waals surface area contributed by atoms with Crippen LogP contribution in [0.25, 0.3) is 10.1 Å². The van der Waals surface area contributed by atoms with E-state index in [2.05, 4.69) is 21.7 Å². The van der Waals surface area contributed by atoms with Gasteiger partial charge in [0.2, 0.25) is 0 Å². The molecule has 1 N–H and O–H groups in total. The summed E-state index contributed by atoms with van der Waals surface area (Å²) in [6.45, 7) is 0. The number of thiophene rings is 1. The molecule has 0 bridgehead atoms. The SMILES string of the molecule is ClCc1cccc(Nc2nccc3sccc23)c1. The molecule has 0 amide bonds. The lowest BCUT2D eigenvalue weighted by atomic mass is 10.2. The van der Waals surface area contributed by atoms with Crippen LogP contribution in [0.3, 0.4) is 0 Å². The highest BCUT2D eigenvalue weighted by atomic mass is 35.5. The number of hydrogen-bond donors (Lipinski definition) is 1. The molecule has 0 atom stereocenters. The summed E-state index contributed by atoms with van der Waals surface area (Å²) in [7, 11) is 0. The molecule has 90 valence electrons. The van der Waals surface area contributed by atoms with Crippen molar-refractivity contribution < 1.29 is 0 Å². The van der Waals surface area contributed by atoms with E-state index < -0.39 is 0 Å². The van der Waals surface area contributed by atoms with Crippen molar-refractivity contribution >= 4 is 44.5 Å². The number of nitrogens with one attached hydrogen (secondary N) is 1. The van der Waals surface area contributed by atoms with E-state index in [1.807, 2.05) is 36.5 Å². The van der Waals surface area contributed by atoms with E-state index in [0.29, 0.717) is 5.88 Å². The van der Waals surface area contributed by atoms with Crippen molar-refractivity contribution in [3.63, 3.8) is 0 Å². The van der Waals surface area contributed by atoms with E-state index in [1.165, 1.54) is 4.70 Å². The first-order valence-corrected chi connectivity index (χ1v) is 7.02. The molecular formula is C14H11ClN2S. The van der Waals surface area contributed by atoms with Crippen molar-refractivity contribution in [3.05, 3.63) is 53.5 Å². The van der Waals surface area contributed by atoms with Crippen LogP contribution in [-0.4, -0.2) is 4.98 Å². The zero-order valence-electron chi connectivity index (χ0n) is 9.56. The lowest BCUT2D eigenvalue weighted by molar-refractivity contribution is 1.33. The number of anilines is 2. The molecule has 2 aromatic heterocycles. The molecule has 0 aliphatic rings. The second kappa shape index (κ2) is 4.96. The maximum absolute atomic E-state index is 5.84. The van der Waals surface area contributed by atoms with Crippen molar-refractivity contribution in [1.29, 1.82) is 0 Å². The van der Waals surface area contributed by atoms with Gasteiger partial charge in [-0.1, -0.05) is 12.1 Å². The molecule has 0 saturated heterocycles. The van der Waals surface area contributed by atoms with Crippen LogP contribution in [0, 0.1) is 0 Å². The number of rotatable bonds is 3. The molecule has 0 aliphatic carbocycles. The molecule has 2 heterocycles. The Bertz CT molecular complexity index is 678. The Hall–Kier alpha value is -1.58. The Kier molecular flexibility index (Phi) is 3.17. The molecule has 0 spiro atoms. The summed E-state index contributed by atoms with van der Waals surface area (Å²) in [5, 5.41) is 6.57. The quantitative estimate of drug-likeness (QED) is 0.695. The van der Waals surface area contributed by atoms with Crippen LogP contribution in [0.15, 0.2) is 48.0 Å². The normalized spacial score (nSPS) is 10.7. The first-order chi connectivity index (χ1) is 8.86. The van der Waals surface area contributed by atoms with Crippen LogP contribution >= 0.6 is 22.9 Å². The third-order valence-corrected chi connectivity index (χ3v) is 3.91. The molecule has 0 fully saturated rings. The van der Waals surface area contributed by atoms with Crippen molar-refractivity contribution in [2.75, 3.05) is 5.32 Å². The Balaban J connectivity index is 1.98. The van der Waals surface area contributed by atoms with Gasteiger partial charge in [-0.15, -0.1) is 22.9 Å². The van der Waals surface area contributed by atoms with Crippen LogP contribution in [0.4, 0.5) is 11.5 Å². The fourth-order valence-electron chi connectivity index (χ4n) is 1.86. The summed E-state index contributed by atoms with van der Waals surface area (Å²) in [6.07, 6.45) is 1.83. The average molecular weight is 275 g/mol. The smallest absolute Gasteiger partial charge is 0.139 e. The predicted octanol–water partition coefficient (Wildman–Crippen LogP) is 4.78. The summed E-state index contributed by atoms with van der Waals surface area (Å²) in [5.41, 5.74) is 2.11. The molecule has 0 aliphatic heterocycles. The molecule has 0 saturated carbocycles. The fourth-order valence-corrected chi connectivity index (χ4v) is 2.81. The highest BCUT2D eigenvalue weighted by Crippen LogP contribution is 2.28. The molecular weight excluding hydrogens is 264 g/mol. The van der Waals surface area contributed by atoms with Gasteiger partial charge in [0.25, 0.3) is 0 Å². The van der Waals surface area contributed by atoms with E-state index in [9.17, 15) is 0 Å². The number of halogens is 1. The van der Waals surface area contributed by atoms with E-state index in [0.717, 1.165) is 22.5 Å². The van der Waals surface area contributed by atoms with Gasteiger partial charge in [0.1, 0.15) is 5.82 Å². The molecule has 2 nitrogen and oxygen atoms in total. The van der Waals surface area contributed by atoms with Crippen molar-refractivity contribution in [3.8, 4) is 0 Å². The second-order valence-electron chi connectivity index (χ2n) is 3.95. The number of aromatic nitrogens is 1. The topological polar surface area (TPSA) is 24.9 Å². The lowest BCUT2D eigenvalue weighted by Gasteiger charge is -2.07. The van der Waals surface area contributed by atoms with Gasteiger partial charge in [-0.3, -0.25) is 0 Å². The first kappa shape index (κ1) is 11.5. The van der Waals surface area contributed by atoms with E-state index >= 15 is 0 Å². The largest absolute Gasteiger partial charge is 0.340 e. The minimum Gasteiger partial charge on any atom is -0.340 e. The Morgan fingerprint density at radius 3 is 3.06 bits per heavy atom. The van der Waals surface area contributed by atoms with Crippen LogP contribution in [0.1, 0.15) is 5.56 Å². The highest BCUT2D eigenvalue weighted by Gasteiger charge is 2.03. The average Bonchev–Trinajstić information content (AvgIpc) is 2.88. The predicted molar refractivity (Wildman–Crippen MR) is 78.9 cm³/mol. The van der Waals surface area contributed by atoms with Gasteiger partial charge in [0, 0.05) is 27.9 Å². The molecule has 18 heavy (non-hydrogen) atoms. The van der Waals surface area contributed by atoms with E-state index in [1.54, 1.807) is 11.3 Å². The monoisotopic (exact) mass is 274 g/mol. The van der Waals surface area contributed by atoms with Crippen LogP contribution in [-0.2, 0) is 5.88 Å². The first-order valence-electron chi connectivity index (χ1n) is 5.61. The van der Waals surface area contributed by atoms with Crippen LogP contribution in [0.2, 0.25) is 0 Å². The summed E-state index contributed by atoms with van der Waals surface area (Å²) in [4.78, 5) is 4.39. The summed E-state index contributed by atoms with van der Waals surface area (Å²) >= 11 is 7.56. The standard InChI is InChI=1S/C14H11ClN2S/c15-9-10-2-1-3-11(8-10)17-14-12-5-7-18-13(12)4-6-16-14/h1-8H,9H2,(H,16,17). The minimum absolute atomic E-state index is 0.519. The number of benzene rings is 1. The molecule has 3 aromatic rings. The lowest BCUT2D eigenvalue weighted by Crippen LogP contribution is -1.94. The second-order valence-corrected chi connectivity index (χ2v) is 5.17. The maximum Gasteiger partial charge on any atom is 0.139 e. The summed E-state index contributed by atoms with van der Waals surface area (Å²) in [6, 6.07) is 12.2. The third kappa shape index (κ3) is 2.19. The van der Waals surface area contributed by atoms with Gasteiger partial charge in [0.15, 0.2) is 0 Å². The highest BCUT2D eigenvalue weighted by molar-refractivity contribution is 7.17. The maximum atomic E-state index is 5.84. The molecule has 0 radical (unpaired) electrons. The van der Waals surface area contributed by atoms with E-state index in [4.69, 9.17) is 11.6 Å². The van der Waals surface area contributed by atoms with Crippen LogP contribution < -0.4 is 5.32 Å². The molecule has 1 aromatic carbocycles. The zero-order valence-corrected chi connectivity index (χ0v) is 11.1.